The van der Waals surface area contributed by atoms with Crippen LogP contribution in [0.15, 0.2) is 60.9 Å². The van der Waals surface area contributed by atoms with E-state index in [1.54, 1.807) is 6.33 Å². The first-order valence-electron chi connectivity index (χ1n) is 11.5. The number of hydrogen-bond acceptors (Lipinski definition) is 7. The molecule has 172 valence electrons. The molecule has 3 heterocycles. The van der Waals surface area contributed by atoms with Crippen molar-refractivity contribution in [1.82, 2.24) is 14.9 Å². The molecule has 0 amide bonds. The van der Waals surface area contributed by atoms with Crippen LogP contribution in [0.5, 0.6) is 0 Å². The van der Waals surface area contributed by atoms with Crippen molar-refractivity contribution in [2.75, 3.05) is 72.8 Å². The SMILES string of the molecule is Nc1c(N2CCN(Cc3ccccc3)CC2)ncnc1N1CCN(c2ccc(F)cc2)CC1. The number of halogens is 1. The van der Waals surface area contributed by atoms with Crippen molar-refractivity contribution in [1.29, 1.82) is 0 Å². The Hall–Kier alpha value is -3.39. The van der Waals surface area contributed by atoms with Crippen LogP contribution in [0.4, 0.5) is 27.4 Å². The van der Waals surface area contributed by atoms with Gasteiger partial charge in [-0.1, -0.05) is 30.3 Å². The zero-order chi connectivity index (χ0) is 22.6. The molecule has 0 unspecified atom stereocenters. The van der Waals surface area contributed by atoms with Crippen molar-refractivity contribution >= 4 is 23.0 Å². The van der Waals surface area contributed by atoms with Gasteiger partial charge in [-0.25, -0.2) is 14.4 Å². The van der Waals surface area contributed by atoms with Crippen molar-refractivity contribution in [2.45, 2.75) is 6.54 Å². The van der Waals surface area contributed by atoms with Crippen molar-refractivity contribution in [2.24, 2.45) is 0 Å². The summed E-state index contributed by atoms with van der Waals surface area (Å²) in [4.78, 5) is 18.3. The van der Waals surface area contributed by atoms with Crippen LogP contribution in [0.1, 0.15) is 5.56 Å². The van der Waals surface area contributed by atoms with Crippen LogP contribution < -0.4 is 20.4 Å². The van der Waals surface area contributed by atoms with Crippen LogP contribution in [0.25, 0.3) is 0 Å². The highest BCUT2D eigenvalue weighted by atomic mass is 19.1. The van der Waals surface area contributed by atoms with Gasteiger partial charge in [-0.3, -0.25) is 4.90 Å². The minimum Gasteiger partial charge on any atom is -0.393 e. The van der Waals surface area contributed by atoms with Crippen molar-refractivity contribution in [3.63, 3.8) is 0 Å². The number of nitrogen functional groups attached to an aromatic ring is 1. The predicted octanol–water partition coefficient (Wildman–Crippen LogP) is 2.85. The second-order valence-corrected chi connectivity index (χ2v) is 8.63. The Morgan fingerprint density at radius 1 is 0.697 bits per heavy atom. The van der Waals surface area contributed by atoms with Gasteiger partial charge in [0.2, 0.25) is 0 Å². The number of nitrogens with two attached hydrogens (primary N) is 1. The molecule has 2 fully saturated rings. The summed E-state index contributed by atoms with van der Waals surface area (Å²) in [7, 11) is 0. The number of rotatable bonds is 5. The summed E-state index contributed by atoms with van der Waals surface area (Å²) in [5.74, 6) is 1.44. The lowest BCUT2D eigenvalue weighted by Crippen LogP contribution is -2.48. The van der Waals surface area contributed by atoms with E-state index in [4.69, 9.17) is 5.73 Å². The van der Waals surface area contributed by atoms with E-state index in [9.17, 15) is 4.39 Å². The Morgan fingerprint density at radius 3 is 1.85 bits per heavy atom. The lowest BCUT2D eigenvalue weighted by molar-refractivity contribution is 0.249. The van der Waals surface area contributed by atoms with E-state index in [0.717, 1.165) is 76.2 Å². The summed E-state index contributed by atoms with van der Waals surface area (Å²) >= 11 is 0. The smallest absolute Gasteiger partial charge is 0.157 e. The zero-order valence-corrected chi connectivity index (χ0v) is 18.8. The molecule has 2 aromatic carbocycles. The van der Waals surface area contributed by atoms with Crippen LogP contribution in [0.3, 0.4) is 0 Å². The van der Waals surface area contributed by atoms with Gasteiger partial charge in [0, 0.05) is 64.6 Å². The highest BCUT2D eigenvalue weighted by Gasteiger charge is 2.25. The second-order valence-electron chi connectivity index (χ2n) is 8.63. The Labute approximate surface area is 194 Å². The van der Waals surface area contributed by atoms with E-state index < -0.39 is 0 Å². The average Bonchev–Trinajstić information content (AvgIpc) is 2.86. The molecule has 7 nitrogen and oxygen atoms in total. The van der Waals surface area contributed by atoms with Crippen LogP contribution in [0, 0.1) is 5.82 Å². The topological polar surface area (TPSA) is 64.8 Å². The Balaban J connectivity index is 1.20. The summed E-state index contributed by atoms with van der Waals surface area (Å²) in [5.41, 5.74) is 9.63. The number of piperazine rings is 2. The van der Waals surface area contributed by atoms with Gasteiger partial charge in [0.05, 0.1) is 0 Å². The van der Waals surface area contributed by atoms with Crippen LogP contribution >= 0.6 is 0 Å². The zero-order valence-electron chi connectivity index (χ0n) is 18.8. The molecule has 5 rings (SSSR count). The quantitative estimate of drug-likeness (QED) is 0.645. The monoisotopic (exact) mass is 447 g/mol. The Morgan fingerprint density at radius 2 is 1.24 bits per heavy atom. The van der Waals surface area contributed by atoms with E-state index in [1.165, 1.54) is 17.7 Å². The summed E-state index contributed by atoms with van der Waals surface area (Å²) in [6.07, 6.45) is 1.63. The van der Waals surface area contributed by atoms with Gasteiger partial charge in [-0.05, 0) is 29.8 Å². The van der Waals surface area contributed by atoms with Crippen molar-refractivity contribution in [3.8, 4) is 0 Å². The van der Waals surface area contributed by atoms with Crippen LogP contribution in [0.2, 0.25) is 0 Å². The van der Waals surface area contributed by atoms with Gasteiger partial charge in [0.1, 0.15) is 17.8 Å². The minimum atomic E-state index is -0.209. The molecular weight excluding hydrogens is 417 g/mol. The summed E-state index contributed by atoms with van der Waals surface area (Å²) in [6, 6.07) is 17.3. The first kappa shape index (κ1) is 21.5. The first-order valence-corrected chi connectivity index (χ1v) is 11.5. The molecule has 0 spiro atoms. The third-order valence-electron chi connectivity index (χ3n) is 6.53. The summed E-state index contributed by atoms with van der Waals surface area (Å²) in [6.45, 7) is 8.00. The largest absolute Gasteiger partial charge is 0.393 e. The maximum Gasteiger partial charge on any atom is 0.157 e. The van der Waals surface area contributed by atoms with Crippen LogP contribution in [-0.4, -0.2) is 67.2 Å². The molecule has 2 aliphatic heterocycles. The number of benzene rings is 2. The normalized spacial score (nSPS) is 17.4. The first-order chi connectivity index (χ1) is 16.2. The third kappa shape index (κ3) is 4.85. The average molecular weight is 448 g/mol. The molecule has 3 aromatic rings. The van der Waals surface area contributed by atoms with Gasteiger partial charge in [0.15, 0.2) is 11.6 Å². The number of anilines is 4. The number of nitrogens with zero attached hydrogens (tertiary/aromatic N) is 6. The molecule has 2 aliphatic rings. The highest BCUT2D eigenvalue weighted by molar-refractivity contribution is 5.76. The lowest BCUT2D eigenvalue weighted by atomic mass is 10.2. The van der Waals surface area contributed by atoms with Crippen LogP contribution in [-0.2, 0) is 6.54 Å². The number of hydrogen-bond donors (Lipinski definition) is 1. The van der Waals surface area contributed by atoms with Gasteiger partial charge < -0.3 is 20.4 Å². The molecule has 2 N–H and O–H groups in total. The fraction of sp³-hybridized carbons (Fsp3) is 0.360. The molecule has 2 saturated heterocycles. The predicted molar refractivity (Wildman–Crippen MR) is 131 cm³/mol. The molecule has 1 aromatic heterocycles. The summed E-state index contributed by atoms with van der Waals surface area (Å²) < 4.78 is 13.2. The lowest BCUT2D eigenvalue weighted by Gasteiger charge is -2.38. The van der Waals surface area contributed by atoms with Gasteiger partial charge >= 0.3 is 0 Å². The summed E-state index contributed by atoms with van der Waals surface area (Å²) in [5, 5.41) is 0. The fourth-order valence-electron chi connectivity index (χ4n) is 4.67. The fourth-order valence-corrected chi connectivity index (χ4v) is 4.67. The minimum absolute atomic E-state index is 0.209. The third-order valence-corrected chi connectivity index (χ3v) is 6.53. The molecule has 33 heavy (non-hydrogen) atoms. The molecule has 0 atom stereocenters. The maximum atomic E-state index is 13.2. The Bertz CT molecular complexity index is 1040. The molecular formula is C25H30FN7. The molecule has 0 saturated carbocycles. The Kier molecular flexibility index (Phi) is 6.26. The second kappa shape index (κ2) is 9.62. The number of aromatic nitrogens is 2. The van der Waals surface area contributed by atoms with E-state index in [1.807, 2.05) is 12.1 Å². The van der Waals surface area contributed by atoms with Gasteiger partial charge in [-0.2, -0.15) is 0 Å². The van der Waals surface area contributed by atoms with E-state index >= 15 is 0 Å². The van der Waals surface area contributed by atoms with E-state index in [2.05, 4.69) is 59.9 Å². The molecule has 0 bridgehead atoms. The van der Waals surface area contributed by atoms with Crippen molar-refractivity contribution < 1.29 is 4.39 Å². The van der Waals surface area contributed by atoms with E-state index in [0.29, 0.717) is 5.69 Å². The standard InChI is InChI=1S/C25H30FN7/c26-21-6-8-22(9-7-21)31-14-16-33(17-15-31)25-23(27)24(28-19-29-25)32-12-10-30(11-13-32)18-20-4-2-1-3-5-20/h1-9,19H,10-18,27H2. The highest BCUT2D eigenvalue weighted by Crippen LogP contribution is 2.31. The van der Waals surface area contributed by atoms with Crippen molar-refractivity contribution in [3.05, 3.63) is 72.3 Å². The van der Waals surface area contributed by atoms with E-state index in [-0.39, 0.29) is 5.82 Å². The molecule has 0 radical (unpaired) electrons. The van der Waals surface area contributed by atoms with Gasteiger partial charge in [-0.15, -0.1) is 0 Å². The van der Waals surface area contributed by atoms with Gasteiger partial charge in [0.25, 0.3) is 0 Å². The molecule has 0 aliphatic carbocycles. The maximum absolute atomic E-state index is 13.2. The molecule has 8 heteroatoms.